The lowest BCUT2D eigenvalue weighted by atomic mass is 9.71. The summed E-state index contributed by atoms with van der Waals surface area (Å²) in [4.78, 5) is 35.0. The quantitative estimate of drug-likeness (QED) is 0.831. The number of carbonyl (C=O) groups is 2. The number of aryl methyl sites for hydroxylation is 1. The van der Waals surface area contributed by atoms with E-state index in [1.54, 1.807) is 5.51 Å². The van der Waals surface area contributed by atoms with Crippen LogP contribution in [0.2, 0.25) is 0 Å². The molecule has 3 saturated heterocycles. The minimum Gasteiger partial charge on any atom is -0.337 e. The van der Waals surface area contributed by atoms with E-state index in [-0.39, 0.29) is 5.91 Å². The second-order valence-electron chi connectivity index (χ2n) is 7.85. The van der Waals surface area contributed by atoms with E-state index in [4.69, 9.17) is 0 Å². The van der Waals surface area contributed by atoms with E-state index >= 15 is 0 Å². The van der Waals surface area contributed by atoms with Gasteiger partial charge in [-0.25, -0.2) is 4.98 Å². The Morgan fingerprint density at radius 1 is 1.36 bits per heavy atom. The molecule has 136 valence electrons. The molecule has 2 amide bonds. The summed E-state index contributed by atoms with van der Waals surface area (Å²) in [6.07, 6.45) is 6.13. The normalized spacial score (nSPS) is 31.8. The Bertz CT molecular complexity index is 673. The lowest BCUT2D eigenvalue weighted by molar-refractivity contribution is -0.152. The van der Waals surface area contributed by atoms with E-state index in [0.717, 1.165) is 49.3 Å². The van der Waals surface area contributed by atoms with E-state index < -0.39 is 0 Å². The molecule has 4 rings (SSSR count). The van der Waals surface area contributed by atoms with Crippen molar-refractivity contribution in [2.24, 2.45) is 11.8 Å². The summed E-state index contributed by atoms with van der Waals surface area (Å²) in [5.41, 5.74) is 2.60. The first-order valence-electron chi connectivity index (χ1n) is 9.60. The molecule has 0 aromatic carbocycles. The highest BCUT2D eigenvalue weighted by molar-refractivity contribution is 7.11. The van der Waals surface area contributed by atoms with Crippen molar-refractivity contribution in [1.29, 1.82) is 0 Å². The molecule has 25 heavy (non-hydrogen) atoms. The van der Waals surface area contributed by atoms with Gasteiger partial charge in [-0.2, -0.15) is 0 Å². The summed E-state index contributed by atoms with van der Waals surface area (Å²) in [5.74, 6) is 1.35. The fraction of sp³-hybridized carbons (Fsp3) is 0.737. The Morgan fingerprint density at radius 2 is 2.16 bits per heavy atom. The Kier molecular flexibility index (Phi) is 4.56. The number of likely N-dealkylation sites (tertiary alicyclic amines) is 1. The van der Waals surface area contributed by atoms with E-state index in [9.17, 15) is 9.59 Å². The molecule has 3 aliphatic heterocycles. The van der Waals surface area contributed by atoms with Crippen LogP contribution in [0.4, 0.5) is 0 Å². The summed E-state index contributed by atoms with van der Waals surface area (Å²) < 4.78 is 0. The molecular weight excluding hydrogens is 334 g/mol. The number of piperidine rings is 3. The molecule has 1 aromatic rings. The number of hydrogen-bond donors (Lipinski definition) is 0. The number of fused-ring (bicyclic) bond motifs is 4. The monoisotopic (exact) mass is 361 g/mol. The van der Waals surface area contributed by atoms with Crippen molar-refractivity contribution in [3.63, 3.8) is 0 Å². The van der Waals surface area contributed by atoms with Crippen molar-refractivity contribution in [2.75, 3.05) is 13.1 Å². The number of rotatable bonds is 3. The van der Waals surface area contributed by atoms with E-state index in [1.165, 1.54) is 17.8 Å². The van der Waals surface area contributed by atoms with Crippen LogP contribution in [0.15, 0.2) is 5.51 Å². The van der Waals surface area contributed by atoms with E-state index in [2.05, 4.69) is 21.7 Å². The molecular formula is C19H27N3O2S. The van der Waals surface area contributed by atoms with E-state index in [1.807, 2.05) is 6.92 Å². The van der Waals surface area contributed by atoms with Crippen LogP contribution < -0.4 is 0 Å². The Hall–Kier alpha value is -1.43. The average Bonchev–Trinajstić information content (AvgIpc) is 3.04. The van der Waals surface area contributed by atoms with Gasteiger partial charge in [0.05, 0.1) is 11.2 Å². The van der Waals surface area contributed by atoms with Crippen LogP contribution in [0, 0.1) is 18.8 Å². The molecule has 3 fully saturated rings. The molecule has 4 heterocycles. The van der Waals surface area contributed by atoms with Gasteiger partial charge in [0.25, 0.3) is 5.91 Å². The standard InChI is InChI=1S/C19H27N3O2S/c1-3-5-15-13-8-14(16-6-4-7-17(23)22(15)16)10-21(9-13)19(24)18-12(2)20-11-25-18/h11,13-16H,3-10H2,1-2H3/t13-,14+,15-,16-/m0/s1. The third-order valence-corrected chi connectivity index (χ3v) is 7.22. The smallest absolute Gasteiger partial charge is 0.265 e. The molecule has 6 heteroatoms. The lowest BCUT2D eigenvalue weighted by Crippen LogP contribution is -2.65. The van der Waals surface area contributed by atoms with Gasteiger partial charge in [0.1, 0.15) is 4.88 Å². The van der Waals surface area contributed by atoms with Gasteiger partial charge in [-0.3, -0.25) is 9.59 Å². The van der Waals surface area contributed by atoms with Crippen LogP contribution >= 0.6 is 11.3 Å². The molecule has 0 unspecified atom stereocenters. The third kappa shape index (κ3) is 2.88. The maximum absolute atomic E-state index is 13.0. The predicted molar refractivity (Wildman–Crippen MR) is 97.5 cm³/mol. The van der Waals surface area contributed by atoms with Gasteiger partial charge >= 0.3 is 0 Å². The number of thiazole rings is 1. The topological polar surface area (TPSA) is 53.5 Å². The molecule has 3 aliphatic rings. The Labute approximate surface area is 153 Å². The van der Waals surface area contributed by atoms with Crippen LogP contribution in [-0.2, 0) is 4.79 Å². The minimum absolute atomic E-state index is 0.139. The Morgan fingerprint density at radius 3 is 2.88 bits per heavy atom. The molecule has 0 saturated carbocycles. The summed E-state index contributed by atoms with van der Waals surface area (Å²) in [6.45, 7) is 5.69. The second-order valence-corrected chi connectivity index (χ2v) is 8.70. The molecule has 0 N–H and O–H groups in total. The van der Waals surface area contributed by atoms with Gasteiger partial charge in [-0.05, 0) is 44.4 Å². The summed E-state index contributed by atoms with van der Waals surface area (Å²) in [7, 11) is 0. The van der Waals surface area contributed by atoms with Crippen LogP contribution in [0.3, 0.4) is 0 Å². The average molecular weight is 362 g/mol. The second kappa shape index (κ2) is 6.71. The minimum atomic E-state index is 0.139. The Balaban J connectivity index is 1.60. The van der Waals surface area contributed by atoms with Gasteiger partial charge in [0.2, 0.25) is 5.91 Å². The van der Waals surface area contributed by atoms with Crippen LogP contribution in [-0.4, -0.2) is 51.8 Å². The van der Waals surface area contributed by atoms with Crippen molar-refractivity contribution in [3.8, 4) is 0 Å². The largest absolute Gasteiger partial charge is 0.337 e. The van der Waals surface area contributed by atoms with Crippen molar-refractivity contribution < 1.29 is 9.59 Å². The zero-order chi connectivity index (χ0) is 17.6. The summed E-state index contributed by atoms with van der Waals surface area (Å²) in [6, 6.07) is 0.657. The van der Waals surface area contributed by atoms with Crippen molar-refractivity contribution in [2.45, 2.75) is 64.5 Å². The zero-order valence-corrected chi connectivity index (χ0v) is 15.9. The van der Waals surface area contributed by atoms with Gasteiger partial charge in [-0.15, -0.1) is 11.3 Å². The van der Waals surface area contributed by atoms with Crippen LogP contribution in [0.5, 0.6) is 0 Å². The molecule has 5 nitrogen and oxygen atoms in total. The third-order valence-electron chi connectivity index (χ3n) is 6.31. The van der Waals surface area contributed by atoms with Crippen molar-refractivity contribution in [3.05, 3.63) is 16.1 Å². The van der Waals surface area contributed by atoms with E-state index in [0.29, 0.717) is 36.2 Å². The molecule has 0 aliphatic carbocycles. The van der Waals surface area contributed by atoms with Gasteiger partial charge in [0.15, 0.2) is 0 Å². The van der Waals surface area contributed by atoms with Crippen molar-refractivity contribution in [1.82, 2.24) is 14.8 Å². The number of aromatic nitrogens is 1. The van der Waals surface area contributed by atoms with Gasteiger partial charge in [-0.1, -0.05) is 13.3 Å². The van der Waals surface area contributed by atoms with Crippen LogP contribution in [0.1, 0.15) is 60.8 Å². The molecule has 2 bridgehead atoms. The molecule has 1 aromatic heterocycles. The first kappa shape index (κ1) is 17.0. The first-order valence-corrected chi connectivity index (χ1v) is 10.5. The molecule has 4 atom stereocenters. The van der Waals surface area contributed by atoms with Gasteiger partial charge < -0.3 is 9.80 Å². The van der Waals surface area contributed by atoms with Crippen LogP contribution in [0.25, 0.3) is 0 Å². The summed E-state index contributed by atoms with van der Waals surface area (Å²) >= 11 is 1.45. The highest BCUT2D eigenvalue weighted by Gasteiger charge is 2.49. The maximum atomic E-state index is 13.0. The van der Waals surface area contributed by atoms with Gasteiger partial charge in [0, 0.05) is 31.6 Å². The summed E-state index contributed by atoms with van der Waals surface area (Å²) in [5, 5.41) is 0. The predicted octanol–water partition coefficient (Wildman–Crippen LogP) is 3.09. The fourth-order valence-electron chi connectivity index (χ4n) is 5.26. The zero-order valence-electron chi connectivity index (χ0n) is 15.1. The fourth-order valence-corrected chi connectivity index (χ4v) is 6.03. The number of nitrogens with zero attached hydrogens (tertiary/aromatic N) is 3. The first-order chi connectivity index (χ1) is 12.1. The lowest BCUT2D eigenvalue weighted by Gasteiger charge is -2.56. The highest BCUT2D eigenvalue weighted by Crippen LogP contribution is 2.43. The number of amides is 2. The SMILES string of the molecule is CCC[C@H]1[C@H]2C[C@H](CN(C(=O)c3scnc3C)C2)[C@@H]2CCCC(=O)N21. The highest BCUT2D eigenvalue weighted by atomic mass is 32.1. The van der Waals surface area contributed by atoms with Crippen molar-refractivity contribution >= 4 is 23.2 Å². The number of carbonyl (C=O) groups excluding carboxylic acids is 2. The molecule has 0 radical (unpaired) electrons. The number of hydrogen-bond acceptors (Lipinski definition) is 4. The molecule has 0 spiro atoms. The maximum Gasteiger partial charge on any atom is 0.265 e.